The number of benzene rings is 1. The summed E-state index contributed by atoms with van der Waals surface area (Å²) in [5.41, 5.74) is 8.99. The number of nitriles is 1. The molecule has 0 bridgehead atoms. The molecule has 106 valence electrons. The van der Waals surface area contributed by atoms with Gasteiger partial charge in [0.05, 0.1) is 0 Å². The number of hydrogen-bond acceptors (Lipinski definition) is 2. The lowest BCUT2D eigenvalue weighted by atomic mass is 10.1. The van der Waals surface area contributed by atoms with Crippen molar-refractivity contribution in [2.45, 2.75) is 13.8 Å². The second-order valence-corrected chi connectivity index (χ2v) is 5.92. The third-order valence-electron chi connectivity index (χ3n) is 3.24. The maximum Gasteiger partial charge on any atom is 0.259 e. The van der Waals surface area contributed by atoms with Gasteiger partial charge in [-0.1, -0.05) is 0 Å². The molecule has 1 heterocycles. The Morgan fingerprint density at radius 1 is 1.33 bits per heavy atom. The van der Waals surface area contributed by atoms with E-state index in [1.165, 1.54) is 9.65 Å². The second kappa shape index (κ2) is 6.14. The zero-order valence-electron chi connectivity index (χ0n) is 11.7. The molecule has 2 N–H and O–H groups in total. The topological polar surface area (TPSA) is 71.8 Å². The molecule has 0 aliphatic carbocycles. The monoisotopic (exact) mass is 391 g/mol. The van der Waals surface area contributed by atoms with E-state index in [0.29, 0.717) is 0 Å². The summed E-state index contributed by atoms with van der Waals surface area (Å²) >= 11 is 2.26. The molecule has 0 aliphatic rings. The fourth-order valence-corrected chi connectivity index (χ4v) is 2.59. The highest BCUT2D eigenvalue weighted by Gasteiger charge is 2.11. The average Bonchev–Trinajstić information content (AvgIpc) is 2.71. The Labute approximate surface area is 137 Å². The molecule has 1 aromatic heterocycles. The number of nitrogens with zero attached hydrogens (tertiary/aromatic N) is 2. The van der Waals surface area contributed by atoms with Crippen LogP contribution >= 0.6 is 22.6 Å². The van der Waals surface area contributed by atoms with Crippen LogP contribution in [0.25, 0.3) is 11.8 Å². The molecular weight excluding hydrogens is 377 g/mol. The van der Waals surface area contributed by atoms with Gasteiger partial charge in [-0.3, -0.25) is 4.79 Å². The van der Waals surface area contributed by atoms with Crippen LogP contribution < -0.4 is 5.73 Å². The average molecular weight is 391 g/mol. The summed E-state index contributed by atoms with van der Waals surface area (Å²) in [5.74, 6) is -0.712. The van der Waals surface area contributed by atoms with E-state index < -0.39 is 5.91 Å². The summed E-state index contributed by atoms with van der Waals surface area (Å²) < 4.78 is 3.25. The molecule has 0 aliphatic heterocycles. The summed E-state index contributed by atoms with van der Waals surface area (Å²) in [6, 6.07) is 11.9. The Kier molecular flexibility index (Phi) is 4.48. The number of aryl methyl sites for hydroxylation is 1. The molecule has 5 heteroatoms. The number of carbonyl (C=O) groups excluding carboxylic acids is 1. The maximum absolute atomic E-state index is 11.2. The molecule has 1 aromatic carbocycles. The van der Waals surface area contributed by atoms with Gasteiger partial charge in [-0.05, 0) is 78.4 Å². The van der Waals surface area contributed by atoms with Crippen LogP contribution in [0.5, 0.6) is 0 Å². The first-order valence-corrected chi connectivity index (χ1v) is 7.38. The molecule has 0 fully saturated rings. The minimum absolute atomic E-state index is 0.0436. The molecule has 0 saturated heterocycles. The lowest BCUT2D eigenvalue weighted by Crippen LogP contribution is -2.12. The number of hydrogen-bond donors (Lipinski definition) is 1. The van der Waals surface area contributed by atoms with Crippen LogP contribution in [0.3, 0.4) is 0 Å². The summed E-state index contributed by atoms with van der Waals surface area (Å²) in [6.45, 7) is 3.94. The summed E-state index contributed by atoms with van der Waals surface area (Å²) in [5, 5.41) is 8.95. The highest BCUT2D eigenvalue weighted by molar-refractivity contribution is 14.1. The van der Waals surface area contributed by atoms with Crippen LogP contribution in [0.2, 0.25) is 0 Å². The van der Waals surface area contributed by atoms with E-state index in [1.54, 1.807) is 0 Å². The quantitative estimate of drug-likeness (QED) is 0.496. The molecule has 0 saturated carbocycles. The zero-order chi connectivity index (χ0) is 15.6. The predicted molar refractivity (Wildman–Crippen MR) is 90.7 cm³/mol. The zero-order valence-corrected chi connectivity index (χ0v) is 13.9. The Balaban J connectivity index is 2.55. The van der Waals surface area contributed by atoms with E-state index in [9.17, 15) is 4.79 Å². The standard InChI is InChI=1S/C16H14IN3O/c1-10-7-12(8-13(9-18)16(19)21)11(2)20(10)15-5-3-14(17)4-6-15/h3-8H,1-2H3,(H2,19,21). The molecule has 0 radical (unpaired) electrons. The molecular formula is C16H14IN3O. The van der Waals surface area contributed by atoms with Crippen LogP contribution in [0.15, 0.2) is 35.9 Å². The molecule has 4 nitrogen and oxygen atoms in total. The van der Waals surface area contributed by atoms with Gasteiger partial charge < -0.3 is 10.3 Å². The van der Waals surface area contributed by atoms with Gasteiger partial charge in [0.15, 0.2) is 0 Å². The number of aromatic nitrogens is 1. The fourth-order valence-electron chi connectivity index (χ4n) is 2.24. The molecule has 1 amide bonds. The van der Waals surface area contributed by atoms with Gasteiger partial charge in [0.1, 0.15) is 11.6 Å². The molecule has 0 spiro atoms. The lowest BCUT2D eigenvalue weighted by Gasteiger charge is -2.09. The van der Waals surface area contributed by atoms with Gasteiger partial charge in [-0.2, -0.15) is 5.26 Å². The van der Waals surface area contributed by atoms with E-state index in [2.05, 4.69) is 27.2 Å². The molecule has 2 aromatic rings. The first kappa shape index (κ1) is 15.3. The summed E-state index contributed by atoms with van der Waals surface area (Å²) in [7, 11) is 0. The number of halogens is 1. The van der Waals surface area contributed by atoms with E-state index in [1.807, 2.05) is 50.2 Å². The molecule has 2 rings (SSSR count). The number of nitrogens with two attached hydrogens (primary N) is 1. The maximum atomic E-state index is 11.2. The number of primary amides is 1. The van der Waals surface area contributed by atoms with Gasteiger partial charge >= 0.3 is 0 Å². The smallest absolute Gasteiger partial charge is 0.259 e. The highest BCUT2D eigenvalue weighted by atomic mass is 127. The van der Waals surface area contributed by atoms with Crippen molar-refractivity contribution in [2.75, 3.05) is 0 Å². The molecule has 21 heavy (non-hydrogen) atoms. The van der Waals surface area contributed by atoms with E-state index in [4.69, 9.17) is 11.0 Å². The van der Waals surface area contributed by atoms with Crippen LogP contribution in [0.4, 0.5) is 0 Å². The Morgan fingerprint density at radius 3 is 2.48 bits per heavy atom. The summed E-state index contributed by atoms with van der Waals surface area (Å²) in [6.07, 6.45) is 1.54. The van der Waals surface area contributed by atoms with Gasteiger partial charge in [-0.25, -0.2) is 0 Å². The van der Waals surface area contributed by atoms with Crippen LogP contribution in [0, 0.1) is 28.7 Å². The van der Waals surface area contributed by atoms with Crippen LogP contribution in [-0.2, 0) is 4.79 Å². The molecule has 0 atom stereocenters. The van der Waals surface area contributed by atoms with Crippen molar-refractivity contribution < 1.29 is 4.79 Å². The van der Waals surface area contributed by atoms with Crippen molar-refractivity contribution in [3.05, 3.63) is 56.4 Å². The second-order valence-electron chi connectivity index (χ2n) is 4.67. The van der Waals surface area contributed by atoms with E-state index in [0.717, 1.165) is 22.6 Å². The minimum atomic E-state index is -0.712. The van der Waals surface area contributed by atoms with Crippen molar-refractivity contribution >= 4 is 34.6 Å². The highest BCUT2D eigenvalue weighted by Crippen LogP contribution is 2.23. The van der Waals surface area contributed by atoms with Crippen molar-refractivity contribution in [3.8, 4) is 11.8 Å². The Hall–Kier alpha value is -2.07. The Bertz CT molecular complexity index is 764. The van der Waals surface area contributed by atoms with Crippen molar-refractivity contribution in [1.82, 2.24) is 4.57 Å². The van der Waals surface area contributed by atoms with Crippen molar-refractivity contribution in [3.63, 3.8) is 0 Å². The van der Waals surface area contributed by atoms with E-state index >= 15 is 0 Å². The number of carbonyl (C=O) groups is 1. The molecule has 0 unspecified atom stereocenters. The number of rotatable bonds is 3. The summed E-state index contributed by atoms with van der Waals surface area (Å²) in [4.78, 5) is 11.2. The van der Waals surface area contributed by atoms with E-state index in [-0.39, 0.29) is 5.57 Å². The van der Waals surface area contributed by atoms with Crippen LogP contribution in [-0.4, -0.2) is 10.5 Å². The van der Waals surface area contributed by atoms with Gasteiger partial charge in [0, 0.05) is 20.6 Å². The minimum Gasteiger partial charge on any atom is -0.365 e. The van der Waals surface area contributed by atoms with Crippen molar-refractivity contribution in [2.24, 2.45) is 5.73 Å². The first-order chi connectivity index (χ1) is 9.93. The van der Waals surface area contributed by atoms with Crippen LogP contribution in [0.1, 0.15) is 17.0 Å². The van der Waals surface area contributed by atoms with Gasteiger partial charge in [-0.15, -0.1) is 0 Å². The third-order valence-corrected chi connectivity index (χ3v) is 3.96. The first-order valence-electron chi connectivity index (χ1n) is 6.30. The third kappa shape index (κ3) is 3.16. The fraction of sp³-hybridized carbons (Fsp3) is 0.125. The van der Waals surface area contributed by atoms with Crippen molar-refractivity contribution in [1.29, 1.82) is 5.26 Å². The normalized spacial score (nSPS) is 11.2. The number of amides is 1. The largest absolute Gasteiger partial charge is 0.365 e. The lowest BCUT2D eigenvalue weighted by molar-refractivity contribution is -0.114. The SMILES string of the molecule is Cc1cc(C=C(C#N)C(N)=O)c(C)n1-c1ccc(I)cc1. The predicted octanol–water partition coefficient (Wildman–Crippen LogP) is 3.09. The van der Waals surface area contributed by atoms with Gasteiger partial charge in [0.2, 0.25) is 0 Å². The van der Waals surface area contributed by atoms with Gasteiger partial charge in [0.25, 0.3) is 5.91 Å². The Morgan fingerprint density at radius 2 is 1.95 bits per heavy atom.